The van der Waals surface area contributed by atoms with Crippen molar-refractivity contribution in [2.75, 3.05) is 13.2 Å². The lowest BCUT2D eigenvalue weighted by molar-refractivity contribution is 0.184. The van der Waals surface area contributed by atoms with Gasteiger partial charge in [-0.15, -0.1) is 0 Å². The Labute approximate surface area is 209 Å². The lowest BCUT2D eigenvalue weighted by Gasteiger charge is -2.10. The zero-order chi connectivity index (χ0) is 24.7. The van der Waals surface area contributed by atoms with Crippen molar-refractivity contribution in [1.29, 1.82) is 0 Å². The van der Waals surface area contributed by atoms with Crippen LogP contribution in [0.1, 0.15) is 71.6 Å². The molecule has 4 nitrogen and oxygen atoms in total. The normalized spacial score (nSPS) is 11.9. The van der Waals surface area contributed by atoms with E-state index >= 15 is 0 Å². The van der Waals surface area contributed by atoms with Crippen molar-refractivity contribution in [3.8, 4) is 34.0 Å². The van der Waals surface area contributed by atoms with Gasteiger partial charge in [0.1, 0.15) is 24.3 Å². The third kappa shape index (κ3) is 9.31. The van der Waals surface area contributed by atoms with Gasteiger partial charge in [-0.3, -0.25) is 0 Å². The fraction of sp³-hybridized carbons (Fsp3) is 0.467. The molecule has 0 aliphatic heterocycles. The maximum atomic E-state index is 13.8. The summed E-state index contributed by atoms with van der Waals surface area (Å²) in [4.78, 5) is 9.09. The Morgan fingerprint density at radius 1 is 0.657 bits per heavy atom. The molecule has 0 saturated heterocycles. The molecule has 188 valence electrons. The average Bonchev–Trinajstić information content (AvgIpc) is 2.91. The fourth-order valence-electron chi connectivity index (χ4n) is 3.84. The minimum absolute atomic E-state index is 0.0973. The van der Waals surface area contributed by atoms with E-state index in [2.05, 4.69) is 23.8 Å². The van der Waals surface area contributed by atoms with Crippen LogP contribution < -0.4 is 9.47 Å². The van der Waals surface area contributed by atoms with Crippen LogP contribution in [0.25, 0.3) is 22.5 Å². The molecule has 0 fully saturated rings. The molecule has 0 aliphatic carbocycles. The molecule has 2 aromatic carbocycles. The van der Waals surface area contributed by atoms with Gasteiger partial charge in [-0.1, -0.05) is 70.9 Å². The van der Waals surface area contributed by atoms with E-state index in [1.54, 1.807) is 0 Å². The van der Waals surface area contributed by atoms with Crippen LogP contribution >= 0.6 is 0 Å². The first-order valence-electron chi connectivity index (χ1n) is 13.1. The lowest BCUT2D eigenvalue weighted by Crippen LogP contribution is -2.12. The van der Waals surface area contributed by atoms with Crippen LogP contribution in [-0.2, 0) is 0 Å². The van der Waals surface area contributed by atoms with E-state index in [1.165, 1.54) is 32.1 Å². The standard InChI is InChI=1S/C30H39FN2O2/c1-3-5-7-8-9-10-20-34-28-18-14-25(15-19-28)30-32-21-26(22-33-30)24-12-16-29(17-13-24)35-23-27(31)11-6-4-2/h12-19,21-22,27H,3-11,20,23H2,1-2H3. The molecule has 1 atom stereocenters. The molecule has 3 rings (SSSR count). The van der Waals surface area contributed by atoms with Gasteiger partial charge < -0.3 is 9.47 Å². The predicted molar refractivity (Wildman–Crippen MR) is 142 cm³/mol. The molecule has 1 aromatic heterocycles. The highest BCUT2D eigenvalue weighted by Gasteiger charge is 2.08. The van der Waals surface area contributed by atoms with Crippen molar-refractivity contribution in [3.05, 3.63) is 60.9 Å². The number of alkyl halides is 1. The molecule has 0 amide bonds. The summed E-state index contributed by atoms with van der Waals surface area (Å²) >= 11 is 0. The first-order valence-corrected chi connectivity index (χ1v) is 13.1. The van der Waals surface area contributed by atoms with Crippen molar-refractivity contribution < 1.29 is 13.9 Å². The summed E-state index contributed by atoms with van der Waals surface area (Å²) in [5.41, 5.74) is 2.87. The minimum atomic E-state index is -0.920. The summed E-state index contributed by atoms with van der Waals surface area (Å²) in [6, 6.07) is 15.6. The van der Waals surface area contributed by atoms with Crippen LogP contribution in [0.4, 0.5) is 4.39 Å². The number of aromatic nitrogens is 2. The van der Waals surface area contributed by atoms with Gasteiger partial charge in [0, 0.05) is 23.5 Å². The highest BCUT2D eigenvalue weighted by atomic mass is 19.1. The number of hydrogen-bond donors (Lipinski definition) is 0. The van der Waals surface area contributed by atoms with Crippen LogP contribution in [0, 0.1) is 0 Å². The summed E-state index contributed by atoms with van der Waals surface area (Å²) in [6.45, 7) is 5.15. The maximum Gasteiger partial charge on any atom is 0.159 e. The topological polar surface area (TPSA) is 44.2 Å². The van der Waals surface area contributed by atoms with E-state index in [9.17, 15) is 4.39 Å². The zero-order valence-corrected chi connectivity index (χ0v) is 21.2. The van der Waals surface area contributed by atoms with Gasteiger partial charge in [0.05, 0.1) is 6.61 Å². The second kappa shape index (κ2) is 15.1. The molecule has 5 heteroatoms. The molecular formula is C30H39FN2O2. The van der Waals surface area contributed by atoms with Crippen LogP contribution in [0.15, 0.2) is 60.9 Å². The first-order chi connectivity index (χ1) is 17.2. The van der Waals surface area contributed by atoms with Crippen molar-refractivity contribution in [3.63, 3.8) is 0 Å². The molecule has 0 N–H and O–H groups in total. The van der Waals surface area contributed by atoms with Crippen LogP contribution in [0.5, 0.6) is 11.5 Å². The third-order valence-electron chi connectivity index (χ3n) is 6.02. The van der Waals surface area contributed by atoms with Gasteiger partial charge in [0.25, 0.3) is 0 Å². The van der Waals surface area contributed by atoms with E-state index in [0.29, 0.717) is 18.0 Å². The Kier molecular flexibility index (Phi) is 11.5. The molecular weight excluding hydrogens is 439 g/mol. The van der Waals surface area contributed by atoms with E-state index < -0.39 is 6.17 Å². The minimum Gasteiger partial charge on any atom is -0.494 e. The molecule has 1 unspecified atom stereocenters. The largest absolute Gasteiger partial charge is 0.494 e. The molecule has 0 spiro atoms. The van der Waals surface area contributed by atoms with Crippen LogP contribution in [-0.4, -0.2) is 29.4 Å². The van der Waals surface area contributed by atoms with Crippen LogP contribution in [0.2, 0.25) is 0 Å². The van der Waals surface area contributed by atoms with Crippen LogP contribution in [0.3, 0.4) is 0 Å². The zero-order valence-electron chi connectivity index (χ0n) is 21.2. The highest BCUT2D eigenvalue weighted by molar-refractivity contribution is 5.64. The number of rotatable bonds is 16. The Bertz CT molecular complexity index is 959. The molecule has 0 saturated carbocycles. The van der Waals surface area contributed by atoms with Crippen molar-refractivity contribution in [2.45, 2.75) is 77.8 Å². The first kappa shape index (κ1) is 26.7. The predicted octanol–water partition coefficient (Wildman–Crippen LogP) is 8.46. The van der Waals surface area contributed by atoms with E-state index in [4.69, 9.17) is 9.47 Å². The Morgan fingerprint density at radius 2 is 1.23 bits per heavy atom. The summed E-state index contributed by atoms with van der Waals surface area (Å²) < 4.78 is 25.2. The Balaban J connectivity index is 1.47. The van der Waals surface area contributed by atoms with Gasteiger partial charge in [-0.25, -0.2) is 14.4 Å². The van der Waals surface area contributed by atoms with Crippen molar-refractivity contribution in [1.82, 2.24) is 9.97 Å². The third-order valence-corrected chi connectivity index (χ3v) is 6.02. The second-order valence-corrected chi connectivity index (χ2v) is 9.01. The van der Waals surface area contributed by atoms with Gasteiger partial charge in [0.2, 0.25) is 0 Å². The number of nitrogens with zero attached hydrogens (tertiary/aromatic N) is 2. The number of unbranched alkanes of at least 4 members (excludes halogenated alkanes) is 6. The smallest absolute Gasteiger partial charge is 0.159 e. The molecule has 0 radical (unpaired) electrons. The molecule has 35 heavy (non-hydrogen) atoms. The molecule has 0 bridgehead atoms. The van der Waals surface area contributed by atoms with Crippen molar-refractivity contribution >= 4 is 0 Å². The molecule has 0 aliphatic rings. The van der Waals surface area contributed by atoms with Gasteiger partial charge in [-0.05, 0) is 54.8 Å². The number of hydrogen-bond acceptors (Lipinski definition) is 4. The Hall–Kier alpha value is -2.95. The number of halogens is 1. The Morgan fingerprint density at radius 3 is 1.89 bits per heavy atom. The molecule has 1 heterocycles. The summed E-state index contributed by atoms with van der Waals surface area (Å²) in [5, 5.41) is 0. The van der Waals surface area contributed by atoms with Gasteiger partial charge in [-0.2, -0.15) is 0 Å². The number of benzene rings is 2. The summed E-state index contributed by atoms with van der Waals surface area (Å²) in [5.74, 6) is 2.23. The van der Waals surface area contributed by atoms with E-state index in [-0.39, 0.29) is 6.61 Å². The molecule has 3 aromatic rings. The quantitative estimate of drug-likeness (QED) is 0.194. The highest BCUT2D eigenvalue weighted by Crippen LogP contribution is 2.24. The number of ether oxygens (including phenoxy) is 2. The lowest BCUT2D eigenvalue weighted by atomic mass is 10.1. The van der Waals surface area contributed by atoms with E-state index in [0.717, 1.165) is 48.3 Å². The average molecular weight is 479 g/mol. The second-order valence-electron chi connectivity index (χ2n) is 9.01. The van der Waals surface area contributed by atoms with Crippen molar-refractivity contribution in [2.24, 2.45) is 0 Å². The maximum absolute atomic E-state index is 13.8. The van der Waals surface area contributed by atoms with E-state index in [1.807, 2.05) is 60.9 Å². The van der Waals surface area contributed by atoms with Gasteiger partial charge >= 0.3 is 0 Å². The fourth-order valence-corrected chi connectivity index (χ4v) is 3.84. The van der Waals surface area contributed by atoms with Gasteiger partial charge in [0.15, 0.2) is 5.82 Å². The monoisotopic (exact) mass is 478 g/mol. The summed E-state index contributed by atoms with van der Waals surface area (Å²) in [6.07, 6.45) is 12.7. The SMILES string of the molecule is CCCCCCCCOc1ccc(-c2ncc(-c3ccc(OCC(F)CCCC)cc3)cn2)cc1. The summed E-state index contributed by atoms with van der Waals surface area (Å²) in [7, 11) is 0.